The monoisotopic (exact) mass is 236 g/mol. The number of anilines is 1. The van der Waals surface area contributed by atoms with Crippen molar-refractivity contribution in [1.29, 1.82) is 0 Å². The lowest BCUT2D eigenvalue weighted by Crippen LogP contribution is -2.13. The molecule has 0 bridgehead atoms. The van der Waals surface area contributed by atoms with Crippen LogP contribution in [0.15, 0.2) is 16.9 Å². The van der Waals surface area contributed by atoms with Crippen LogP contribution in [0.5, 0.6) is 0 Å². The van der Waals surface area contributed by atoms with Gasteiger partial charge in [-0.2, -0.15) is 12.6 Å². The molecule has 0 fully saturated rings. The Labute approximate surface area is 97.3 Å². The first-order chi connectivity index (χ1) is 7.65. The maximum atomic E-state index is 11.7. The molecule has 0 aliphatic heterocycles. The van der Waals surface area contributed by atoms with Crippen molar-refractivity contribution in [3.63, 3.8) is 0 Å². The van der Waals surface area contributed by atoms with Crippen molar-refractivity contribution in [2.45, 2.75) is 12.3 Å². The number of nitrogens with one attached hydrogen (secondary N) is 1. The van der Waals surface area contributed by atoms with Gasteiger partial charge in [-0.3, -0.25) is 9.78 Å². The van der Waals surface area contributed by atoms with E-state index in [1.165, 1.54) is 0 Å². The lowest BCUT2D eigenvalue weighted by molar-refractivity contribution is 1.06. The Morgan fingerprint density at radius 2 is 2.19 bits per heavy atom. The average molecular weight is 236 g/mol. The third-order valence-electron chi connectivity index (χ3n) is 2.37. The summed E-state index contributed by atoms with van der Waals surface area (Å²) >= 11 is 4.21. The molecule has 0 atom stereocenters. The molecular formula is C10H12N4OS. The summed E-state index contributed by atoms with van der Waals surface area (Å²) in [7, 11) is 0. The molecule has 1 aromatic heterocycles. The second-order valence-electron chi connectivity index (χ2n) is 3.46. The maximum Gasteiger partial charge on any atom is 0.260 e. The van der Waals surface area contributed by atoms with E-state index in [-0.39, 0.29) is 11.5 Å². The Morgan fingerprint density at radius 1 is 1.44 bits per heavy atom. The molecule has 0 saturated carbocycles. The SMILES string of the molecule is NCc1cc(CS)c2nc(N)[nH]c(=O)c2c1. The van der Waals surface area contributed by atoms with Gasteiger partial charge in [0.05, 0.1) is 10.9 Å². The number of thiol groups is 1. The third kappa shape index (κ3) is 1.77. The van der Waals surface area contributed by atoms with E-state index in [1.54, 1.807) is 6.07 Å². The van der Waals surface area contributed by atoms with Crippen molar-refractivity contribution >= 4 is 29.5 Å². The van der Waals surface area contributed by atoms with Gasteiger partial charge in [-0.05, 0) is 17.2 Å². The molecule has 1 heterocycles. The Morgan fingerprint density at radius 3 is 2.81 bits per heavy atom. The number of benzene rings is 1. The molecule has 0 saturated heterocycles. The highest BCUT2D eigenvalue weighted by Gasteiger charge is 2.08. The van der Waals surface area contributed by atoms with Gasteiger partial charge in [0, 0.05) is 12.3 Å². The molecule has 6 heteroatoms. The first kappa shape index (κ1) is 11.0. The molecule has 0 amide bonds. The Hall–Kier alpha value is -1.53. The first-order valence-corrected chi connectivity index (χ1v) is 5.41. The van der Waals surface area contributed by atoms with Crippen LogP contribution in [0.2, 0.25) is 0 Å². The number of hydrogen-bond acceptors (Lipinski definition) is 5. The Kier molecular flexibility index (Phi) is 2.84. The molecule has 16 heavy (non-hydrogen) atoms. The Bertz CT molecular complexity index is 593. The van der Waals surface area contributed by atoms with E-state index in [2.05, 4.69) is 22.6 Å². The summed E-state index contributed by atoms with van der Waals surface area (Å²) in [5, 5.41) is 0.501. The van der Waals surface area contributed by atoms with Crippen LogP contribution in [0.1, 0.15) is 11.1 Å². The van der Waals surface area contributed by atoms with Gasteiger partial charge in [-0.1, -0.05) is 6.07 Å². The van der Waals surface area contributed by atoms with Crippen LogP contribution >= 0.6 is 12.6 Å². The van der Waals surface area contributed by atoms with Crippen molar-refractivity contribution in [2.75, 3.05) is 5.73 Å². The third-order valence-corrected chi connectivity index (χ3v) is 2.71. The van der Waals surface area contributed by atoms with Gasteiger partial charge >= 0.3 is 0 Å². The lowest BCUT2D eigenvalue weighted by Gasteiger charge is -2.06. The van der Waals surface area contributed by atoms with Crippen LogP contribution in [0.25, 0.3) is 10.9 Å². The number of nitrogen functional groups attached to an aromatic ring is 1. The van der Waals surface area contributed by atoms with Gasteiger partial charge in [0.25, 0.3) is 5.56 Å². The van der Waals surface area contributed by atoms with Crippen LogP contribution in [0.4, 0.5) is 5.95 Å². The minimum Gasteiger partial charge on any atom is -0.369 e. The van der Waals surface area contributed by atoms with Gasteiger partial charge < -0.3 is 11.5 Å². The molecule has 5 N–H and O–H groups in total. The van der Waals surface area contributed by atoms with Gasteiger partial charge in [0.2, 0.25) is 5.95 Å². The van der Waals surface area contributed by atoms with Crippen LogP contribution in [-0.2, 0) is 12.3 Å². The molecule has 0 aliphatic carbocycles. The van der Waals surface area contributed by atoms with E-state index >= 15 is 0 Å². The molecule has 0 spiro atoms. The summed E-state index contributed by atoms with van der Waals surface area (Å²) in [6, 6.07) is 3.62. The quantitative estimate of drug-likeness (QED) is 0.567. The van der Waals surface area contributed by atoms with Crippen molar-refractivity contribution in [3.05, 3.63) is 33.6 Å². The molecule has 84 valence electrons. The highest BCUT2D eigenvalue weighted by molar-refractivity contribution is 7.79. The van der Waals surface area contributed by atoms with Gasteiger partial charge in [-0.15, -0.1) is 0 Å². The number of hydrogen-bond donors (Lipinski definition) is 4. The fraction of sp³-hybridized carbons (Fsp3) is 0.200. The summed E-state index contributed by atoms with van der Waals surface area (Å²) in [6.07, 6.45) is 0. The smallest absolute Gasteiger partial charge is 0.260 e. The fourth-order valence-corrected chi connectivity index (χ4v) is 1.88. The summed E-state index contributed by atoms with van der Waals surface area (Å²) in [4.78, 5) is 18.3. The lowest BCUT2D eigenvalue weighted by atomic mass is 10.1. The second-order valence-corrected chi connectivity index (χ2v) is 3.78. The molecule has 2 aromatic rings. The van der Waals surface area contributed by atoms with E-state index in [1.807, 2.05) is 6.07 Å². The fourth-order valence-electron chi connectivity index (χ4n) is 1.64. The average Bonchev–Trinajstić information content (AvgIpc) is 2.28. The zero-order valence-electron chi connectivity index (χ0n) is 8.53. The molecule has 0 radical (unpaired) electrons. The van der Waals surface area contributed by atoms with E-state index in [0.29, 0.717) is 23.2 Å². The van der Waals surface area contributed by atoms with E-state index < -0.39 is 0 Å². The Balaban J connectivity index is 2.89. The van der Waals surface area contributed by atoms with Gasteiger partial charge in [-0.25, -0.2) is 4.98 Å². The van der Waals surface area contributed by atoms with E-state index in [0.717, 1.165) is 11.1 Å². The highest BCUT2D eigenvalue weighted by Crippen LogP contribution is 2.18. The molecular weight excluding hydrogens is 224 g/mol. The minimum atomic E-state index is -0.249. The van der Waals surface area contributed by atoms with Crippen LogP contribution in [-0.4, -0.2) is 9.97 Å². The van der Waals surface area contributed by atoms with Gasteiger partial charge in [0.15, 0.2) is 0 Å². The molecule has 2 rings (SSSR count). The molecule has 0 aliphatic rings. The number of nitrogens with zero attached hydrogens (tertiary/aromatic N) is 1. The summed E-state index contributed by atoms with van der Waals surface area (Å²) in [5.41, 5.74) is 13.1. The van der Waals surface area contributed by atoms with E-state index in [4.69, 9.17) is 11.5 Å². The van der Waals surface area contributed by atoms with Crippen molar-refractivity contribution in [2.24, 2.45) is 5.73 Å². The first-order valence-electron chi connectivity index (χ1n) is 4.78. The van der Waals surface area contributed by atoms with Crippen molar-refractivity contribution in [3.8, 4) is 0 Å². The second kappa shape index (κ2) is 4.15. The van der Waals surface area contributed by atoms with Crippen LogP contribution in [0.3, 0.4) is 0 Å². The zero-order valence-corrected chi connectivity index (χ0v) is 9.42. The maximum absolute atomic E-state index is 11.7. The molecule has 5 nitrogen and oxygen atoms in total. The standard InChI is InChI=1S/C10H12N4OS/c11-3-5-1-6(4-16)8-7(2-5)9(15)14-10(12)13-8/h1-2,16H,3-4,11H2,(H3,12,13,14,15). The van der Waals surface area contributed by atoms with Crippen LogP contribution in [0, 0.1) is 0 Å². The number of rotatable bonds is 2. The summed E-state index contributed by atoms with van der Waals surface area (Å²) in [6.45, 7) is 0.376. The van der Waals surface area contributed by atoms with Crippen molar-refractivity contribution in [1.82, 2.24) is 9.97 Å². The summed E-state index contributed by atoms with van der Waals surface area (Å²) < 4.78 is 0. The number of fused-ring (bicyclic) bond motifs is 1. The molecule has 1 aromatic carbocycles. The highest BCUT2D eigenvalue weighted by atomic mass is 32.1. The van der Waals surface area contributed by atoms with Crippen LogP contribution < -0.4 is 17.0 Å². The number of aromatic nitrogens is 2. The topological polar surface area (TPSA) is 97.8 Å². The minimum absolute atomic E-state index is 0.112. The predicted molar refractivity (Wildman–Crippen MR) is 67.4 cm³/mol. The largest absolute Gasteiger partial charge is 0.369 e. The van der Waals surface area contributed by atoms with Gasteiger partial charge in [0.1, 0.15) is 0 Å². The number of nitrogens with two attached hydrogens (primary N) is 2. The normalized spacial score (nSPS) is 10.9. The summed E-state index contributed by atoms with van der Waals surface area (Å²) in [5.74, 6) is 0.598. The predicted octanol–water partition coefficient (Wildman–Crippen LogP) is 0.394. The number of H-pyrrole nitrogens is 1. The van der Waals surface area contributed by atoms with Crippen molar-refractivity contribution < 1.29 is 0 Å². The number of aromatic amines is 1. The van der Waals surface area contributed by atoms with E-state index in [9.17, 15) is 4.79 Å². The zero-order chi connectivity index (χ0) is 11.7. The molecule has 0 unspecified atom stereocenters.